The van der Waals surface area contributed by atoms with Crippen molar-refractivity contribution in [3.63, 3.8) is 0 Å². The summed E-state index contributed by atoms with van der Waals surface area (Å²) >= 11 is 0. The lowest BCUT2D eigenvalue weighted by Crippen LogP contribution is -2.39. The fourth-order valence-electron chi connectivity index (χ4n) is 3.38. The van der Waals surface area contributed by atoms with Gasteiger partial charge in [-0.05, 0) is 0 Å². The number of hydrogen-bond acceptors (Lipinski definition) is 10. The quantitative estimate of drug-likeness (QED) is 0.638. The first-order valence-corrected chi connectivity index (χ1v) is 9.94. The molecule has 0 unspecified atom stereocenters. The summed E-state index contributed by atoms with van der Waals surface area (Å²) in [5.74, 6) is 1.46. The zero-order valence-electron chi connectivity index (χ0n) is 16.1. The third-order valence-corrected chi connectivity index (χ3v) is 5.01. The van der Waals surface area contributed by atoms with Gasteiger partial charge < -0.3 is 20.1 Å². The second kappa shape index (κ2) is 9.87. The lowest BCUT2D eigenvalue weighted by atomic mass is 10.4. The third-order valence-electron chi connectivity index (χ3n) is 5.01. The minimum absolute atomic E-state index is 0.597. The average Bonchev–Trinajstić information content (AvgIpc) is 2.75. The largest absolute Gasteiger partial charge is 0.379 e. The van der Waals surface area contributed by atoms with Crippen LogP contribution in [0.3, 0.4) is 0 Å². The molecule has 2 fully saturated rings. The van der Waals surface area contributed by atoms with Crippen molar-refractivity contribution in [3.05, 3.63) is 12.5 Å². The number of anilines is 2. The molecule has 0 amide bonds. The second-order valence-corrected chi connectivity index (χ2v) is 6.91. The van der Waals surface area contributed by atoms with Crippen LogP contribution in [0.15, 0.2) is 12.5 Å². The summed E-state index contributed by atoms with van der Waals surface area (Å²) < 4.78 is 10.8. The SMILES string of the molecule is c1nc(NCCN2CCOCC2)c2ncc(NCCN3CCOCC3)nc2n1. The Balaban J connectivity index is 1.30. The Kier molecular flexibility index (Phi) is 6.77. The molecule has 152 valence electrons. The van der Waals surface area contributed by atoms with Crippen LogP contribution < -0.4 is 10.6 Å². The van der Waals surface area contributed by atoms with Crippen molar-refractivity contribution in [3.8, 4) is 0 Å². The minimum Gasteiger partial charge on any atom is -0.379 e. The molecule has 2 aliphatic rings. The van der Waals surface area contributed by atoms with E-state index in [0.29, 0.717) is 11.2 Å². The van der Waals surface area contributed by atoms with Crippen LogP contribution in [-0.2, 0) is 9.47 Å². The number of morpholine rings is 2. The molecule has 4 rings (SSSR count). The van der Waals surface area contributed by atoms with Gasteiger partial charge in [0.15, 0.2) is 17.0 Å². The van der Waals surface area contributed by atoms with Crippen LogP contribution in [0.1, 0.15) is 0 Å². The topological polar surface area (TPSA) is 101 Å². The number of fused-ring (bicyclic) bond motifs is 1. The van der Waals surface area contributed by atoms with Gasteiger partial charge in [-0.15, -0.1) is 0 Å². The maximum absolute atomic E-state index is 5.38. The van der Waals surface area contributed by atoms with Crippen LogP contribution in [0.5, 0.6) is 0 Å². The van der Waals surface area contributed by atoms with Crippen LogP contribution >= 0.6 is 0 Å². The van der Waals surface area contributed by atoms with Crippen molar-refractivity contribution < 1.29 is 9.47 Å². The normalized spacial score (nSPS) is 19.0. The van der Waals surface area contributed by atoms with Crippen molar-refractivity contribution >= 4 is 22.8 Å². The molecule has 4 heterocycles. The van der Waals surface area contributed by atoms with Gasteiger partial charge in [0.25, 0.3) is 0 Å². The molecular formula is C18H28N8O2. The second-order valence-electron chi connectivity index (χ2n) is 6.91. The molecule has 2 aliphatic heterocycles. The average molecular weight is 388 g/mol. The summed E-state index contributed by atoms with van der Waals surface area (Å²) in [5.41, 5.74) is 1.29. The molecule has 0 aliphatic carbocycles. The van der Waals surface area contributed by atoms with Crippen molar-refractivity contribution in [2.45, 2.75) is 0 Å². The summed E-state index contributed by atoms with van der Waals surface area (Å²) in [6, 6.07) is 0. The summed E-state index contributed by atoms with van der Waals surface area (Å²) in [6.45, 7) is 10.7. The van der Waals surface area contributed by atoms with E-state index in [1.54, 1.807) is 6.20 Å². The summed E-state index contributed by atoms with van der Waals surface area (Å²) in [6.07, 6.45) is 3.28. The molecule has 10 nitrogen and oxygen atoms in total. The van der Waals surface area contributed by atoms with Crippen molar-refractivity contribution in [1.82, 2.24) is 29.7 Å². The fraction of sp³-hybridized carbons (Fsp3) is 0.667. The maximum atomic E-state index is 5.38. The molecular weight excluding hydrogens is 360 g/mol. The zero-order valence-corrected chi connectivity index (χ0v) is 16.1. The Bertz CT molecular complexity index is 749. The number of nitrogens with zero attached hydrogens (tertiary/aromatic N) is 6. The van der Waals surface area contributed by atoms with Gasteiger partial charge in [0.05, 0.1) is 32.6 Å². The highest BCUT2D eigenvalue weighted by molar-refractivity contribution is 5.82. The third kappa shape index (κ3) is 5.22. The molecule has 2 aromatic heterocycles. The van der Waals surface area contributed by atoms with Gasteiger partial charge in [-0.3, -0.25) is 9.80 Å². The number of rotatable bonds is 8. The Morgan fingerprint density at radius 1 is 0.821 bits per heavy atom. The first-order chi connectivity index (χ1) is 13.9. The van der Waals surface area contributed by atoms with E-state index in [4.69, 9.17) is 9.47 Å². The highest BCUT2D eigenvalue weighted by atomic mass is 16.5. The highest BCUT2D eigenvalue weighted by Gasteiger charge is 2.12. The molecule has 10 heteroatoms. The van der Waals surface area contributed by atoms with Crippen LogP contribution in [0.4, 0.5) is 11.6 Å². The smallest absolute Gasteiger partial charge is 0.185 e. The lowest BCUT2D eigenvalue weighted by Gasteiger charge is -2.26. The predicted molar refractivity (Wildman–Crippen MR) is 107 cm³/mol. The van der Waals surface area contributed by atoms with Crippen molar-refractivity contribution in [1.29, 1.82) is 0 Å². The number of hydrogen-bond donors (Lipinski definition) is 2. The fourth-order valence-corrected chi connectivity index (χ4v) is 3.38. The van der Waals surface area contributed by atoms with Crippen molar-refractivity contribution in [2.75, 3.05) is 89.4 Å². The molecule has 0 atom stereocenters. The first-order valence-electron chi connectivity index (χ1n) is 9.94. The minimum atomic E-state index is 0.597. The van der Waals surface area contributed by atoms with Crippen LogP contribution in [-0.4, -0.2) is 109 Å². The van der Waals surface area contributed by atoms with Gasteiger partial charge in [-0.1, -0.05) is 0 Å². The zero-order chi connectivity index (χ0) is 19.0. The van der Waals surface area contributed by atoms with E-state index in [1.165, 1.54) is 6.33 Å². The Morgan fingerprint density at radius 3 is 2.14 bits per heavy atom. The Labute approximate surface area is 164 Å². The van der Waals surface area contributed by atoms with Crippen molar-refractivity contribution in [2.24, 2.45) is 0 Å². The van der Waals surface area contributed by atoms with Crippen LogP contribution in [0.2, 0.25) is 0 Å². The summed E-state index contributed by atoms with van der Waals surface area (Å²) in [7, 11) is 0. The van der Waals surface area contributed by atoms with E-state index >= 15 is 0 Å². The molecule has 2 N–H and O–H groups in total. The predicted octanol–water partition coefficient (Wildman–Crippen LogP) is -0.0920. The Hall–Kier alpha value is -2.14. The molecule has 0 bridgehead atoms. The van der Waals surface area contributed by atoms with Gasteiger partial charge >= 0.3 is 0 Å². The summed E-state index contributed by atoms with van der Waals surface area (Å²) in [5, 5.41) is 6.70. The van der Waals surface area contributed by atoms with E-state index in [0.717, 1.165) is 90.4 Å². The van der Waals surface area contributed by atoms with Crippen LogP contribution in [0, 0.1) is 0 Å². The molecule has 0 saturated carbocycles. The van der Waals surface area contributed by atoms with E-state index in [-0.39, 0.29) is 0 Å². The highest BCUT2D eigenvalue weighted by Crippen LogP contribution is 2.16. The standard InChI is InChI=1S/C18H28N8O2/c1(3-25-5-9-27-10-6-25)19-15-13-21-16-17(22-14-23-18(16)24-15)20-2-4-26-7-11-28-12-8-26/h13-14H,1-12H2,(H2,19,20,22,23,24). The molecule has 28 heavy (non-hydrogen) atoms. The first kappa shape index (κ1) is 19.2. The van der Waals surface area contributed by atoms with Gasteiger partial charge in [0.2, 0.25) is 0 Å². The van der Waals surface area contributed by atoms with E-state index < -0.39 is 0 Å². The number of ether oxygens (including phenoxy) is 2. The molecule has 2 aromatic rings. The van der Waals surface area contributed by atoms with Gasteiger partial charge in [0.1, 0.15) is 12.1 Å². The number of aromatic nitrogens is 4. The molecule has 0 spiro atoms. The van der Waals surface area contributed by atoms with E-state index in [9.17, 15) is 0 Å². The molecule has 0 aromatic carbocycles. The lowest BCUT2D eigenvalue weighted by molar-refractivity contribution is 0.0398. The number of nitrogens with one attached hydrogen (secondary N) is 2. The van der Waals surface area contributed by atoms with Gasteiger partial charge in [-0.25, -0.2) is 19.9 Å². The van der Waals surface area contributed by atoms with E-state index in [1.807, 2.05) is 0 Å². The van der Waals surface area contributed by atoms with E-state index in [2.05, 4.69) is 40.4 Å². The monoisotopic (exact) mass is 388 g/mol. The van der Waals surface area contributed by atoms with Gasteiger partial charge in [0, 0.05) is 52.4 Å². The van der Waals surface area contributed by atoms with Gasteiger partial charge in [-0.2, -0.15) is 0 Å². The molecule has 2 saturated heterocycles. The molecule has 0 radical (unpaired) electrons. The van der Waals surface area contributed by atoms with Crippen LogP contribution in [0.25, 0.3) is 11.2 Å². The Morgan fingerprint density at radius 2 is 1.46 bits per heavy atom. The maximum Gasteiger partial charge on any atom is 0.185 e. The summed E-state index contributed by atoms with van der Waals surface area (Å²) in [4.78, 5) is 22.5.